The number of nitrogens with zero attached hydrogens (tertiary/aromatic N) is 1. The van der Waals surface area contributed by atoms with Gasteiger partial charge in [0.2, 0.25) is 5.91 Å². The third-order valence-electron chi connectivity index (χ3n) is 5.74. The molecule has 0 spiro atoms. The second-order valence-electron chi connectivity index (χ2n) is 7.68. The minimum absolute atomic E-state index is 0.0451. The van der Waals surface area contributed by atoms with Crippen LogP contribution >= 0.6 is 11.6 Å². The molecule has 0 unspecified atom stereocenters. The minimum Gasteiger partial charge on any atom is -0.353 e. The molecule has 1 saturated heterocycles. The summed E-state index contributed by atoms with van der Waals surface area (Å²) in [4.78, 5) is 26.6. The lowest BCUT2D eigenvalue weighted by Gasteiger charge is -2.32. The number of amides is 2. The summed E-state index contributed by atoms with van der Waals surface area (Å²) in [5.74, 6) is 0.968. The first-order valence-corrected chi connectivity index (χ1v) is 10.3. The first kappa shape index (κ1) is 19.2. The van der Waals surface area contributed by atoms with E-state index in [0.717, 1.165) is 25.2 Å². The maximum Gasteiger partial charge on any atom is 0.253 e. The van der Waals surface area contributed by atoms with Crippen LogP contribution in [0, 0.1) is 5.92 Å². The fourth-order valence-electron chi connectivity index (χ4n) is 4.11. The van der Waals surface area contributed by atoms with Crippen LogP contribution in [0.5, 0.6) is 0 Å². The van der Waals surface area contributed by atoms with Gasteiger partial charge in [0.15, 0.2) is 0 Å². The number of hydrogen-bond acceptors (Lipinski definition) is 2. The van der Waals surface area contributed by atoms with E-state index in [0.29, 0.717) is 30.1 Å². The fraction of sp³-hybridized carbons (Fsp3) is 0.619. The maximum absolute atomic E-state index is 12.5. The second-order valence-corrected chi connectivity index (χ2v) is 8.12. The van der Waals surface area contributed by atoms with E-state index in [-0.39, 0.29) is 17.9 Å². The Morgan fingerprint density at radius 1 is 1.00 bits per heavy atom. The van der Waals surface area contributed by atoms with Crippen LogP contribution < -0.4 is 5.32 Å². The Labute approximate surface area is 161 Å². The molecule has 1 aromatic carbocycles. The van der Waals surface area contributed by atoms with E-state index in [4.69, 9.17) is 11.6 Å². The molecule has 0 radical (unpaired) electrons. The minimum atomic E-state index is 0.0451. The third kappa shape index (κ3) is 5.47. The Bertz CT molecular complexity index is 603. The van der Waals surface area contributed by atoms with E-state index < -0.39 is 0 Å². The molecule has 1 aliphatic heterocycles. The van der Waals surface area contributed by atoms with Gasteiger partial charge in [-0.2, -0.15) is 0 Å². The monoisotopic (exact) mass is 376 g/mol. The standard InChI is InChI=1S/C21H29ClN2O2/c22-18-9-7-17(8-10-18)21(26)24-14-12-19(13-15-24)23-20(25)11-6-16-4-2-1-3-5-16/h7-10,16,19H,1-6,11-15H2,(H,23,25). The number of halogens is 1. The van der Waals surface area contributed by atoms with Gasteiger partial charge in [-0.3, -0.25) is 9.59 Å². The molecule has 1 N–H and O–H groups in total. The zero-order valence-electron chi connectivity index (χ0n) is 15.4. The molecule has 1 aliphatic carbocycles. The van der Waals surface area contributed by atoms with E-state index in [1.807, 2.05) is 4.90 Å². The first-order valence-electron chi connectivity index (χ1n) is 9.96. The van der Waals surface area contributed by atoms with Crippen molar-refractivity contribution in [1.82, 2.24) is 10.2 Å². The van der Waals surface area contributed by atoms with Crippen molar-refractivity contribution in [3.8, 4) is 0 Å². The molecule has 1 aromatic rings. The molecule has 0 bridgehead atoms. The molecule has 2 amide bonds. The van der Waals surface area contributed by atoms with Crippen molar-refractivity contribution in [2.24, 2.45) is 5.92 Å². The van der Waals surface area contributed by atoms with Crippen molar-refractivity contribution >= 4 is 23.4 Å². The quantitative estimate of drug-likeness (QED) is 0.826. The normalized spacial score (nSPS) is 19.3. The summed E-state index contributed by atoms with van der Waals surface area (Å²) in [5, 5.41) is 3.81. The zero-order chi connectivity index (χ0) is 18.4. The number of carbonyl (C=O) groups is 2. The van der Waals surface area contributed by atoms with Crippen LogP contribution in [0.3, 0.4) is 0 Å². The average Bonchev–Trinajstić information content (AvgIpc) is 2.68. The van der Waals surface area contributed by atoms with Crippen LogP contribution in [0.25, 0.3) is 0 Å². The van der Waals surface area contributed by atoms with Gasteiger partial charge >= 0.3 is 0 Å². The van der Waals surface area contributed by atoms with Gasteiger partial charge in [-0.1, -0.05) is 43.7 Å². The molecule has 1 saturated carbocycles. The second kappa shape index (κ2) is 9.40. The number of carbonyl (C=O) groups excluding carboxylic acids is 2. The van der Waals surface area contributed by atoms with E-state index >= 15 is 0 Å². The van der Waals surface area contributed by atoms with Crippen LogP contribution in [-0.4, -0.2) is 35.8 Å². The highest BCUT2D eigenvalue weighted by atomic mass is 35.5. The van der Waals surface area contributed by atoms with Crippen LogP contribution in [0.15, 0.2) is 24.3 Å². The largest absolute Gasteiger partial charge is 0.353 e. The predicted molar refractivity (Wildman–Crippen MR) is 104 cm³/mol. The fourth-order valence-corrected chi connectivity index (χ4v) is 4.24. The van der Waals surface area contributed by atoms with Crippen molar-refractivity contribution in [2.45, 2.75) is 63.8 Å². The third-order valence-corrected chi connectivity index (χ3v) is 5.99. The van der Waals surface area contributed by atoms with Crippen molar-refractivity contribution < 1.29 is 9.59 Å². The zero-order valence-corrected chi connectivity index (χ0v) is 16.1. The van der Waals surface area contributed by atoms with E-state index in [2.05, 4.69) is 5.32 Å². The van der Waals surface area contributed by atoms with Crippen molar-refractivity contribution in [2.75, 3.05) is 13.1 Å². The summed E-state index contributed by atoms with van der Waals surface area (Å²) in [6, 6.07) is 7.22. The Kier molecular flexibility index (Phi) is 6.95. The lowest BCUT2D eigenvalue weighted by atomic mass is 9.86. The van der Waals surface area contributed by atoms with Gasteiger partial charge in [0.05, 0.1) is 0 Å². The lowest BCUT2D eigenvalue weighted by molar-refractivity contribution is -0.122. The summed E-state index contributed by atoms with van der Waals surface area (Å²) < 4.78 is 0. The molecule has 2 fully saturated rings. The maximum atomic E-state index is 12.5. The highest BCUT2D eigenvalue weighted by Crippen LogP contribution is 2.27. The molecular weight excluding hydrogens is 348 g/mol. The van der Waals surface area contributed by atoms with Crippen molar-refractivity contribution in [3.63, 3.8) is 0 Å². The molecule has 26 heavy (non-hydrogen) atoms. The highest BCUT2D eigenvalue weighted by Gasteiger charge is 2.25. The summed E-state index contributed by atoms with van der Waals surface area (Å²) in [6.07, 6.45) is 9.92. The predicted octanol–water partition coefficient (Wildman–Crippen LogP) is 4.42. The van der Waals surface area contributed by atoms with E-state index in [9.17, 15) is 9.59 Å². The molecule has 1 heterocycles. The summed E-state index contributed by atoms with van der Waals surface area (Å²) >= 11 is 5.88. The number of rotatable bonds is 5. The van der Waals surface area contributed by atoms with Gasteiger partial charge in [0.25, 0.3) is 5.91 Å². The molecule has 142 valence electrons. The Balaban J connectivity index is 1.38. The number of benzene rings is 1. The van der Waals surface area contributed by atoms with Crippen LogP contribution in [0.2, 0.25) is 5.02 Å². The molecule has 4 nitrogen and oxygen atoms in total. The van der Waals surface area contributed by atoms with Gasteiger partial charge in [0.1, 0.15) is 0 Å². The molecular formula is C21H29ClN2O2. The molecule has 0 aromatic heterocycles. The molecule has 3 rings (SSSR count). The van der Waals surface area contributed by atoms with E-state index in [1.54, 1.807) is 24.3 Å². The Morgan fingerprint density at radius 2 is 1.65 bits per heavy atom. The number of piperidine rings is 1. The van der Waals surface area contributed by atoms with Gasteiger partial charge < -0.3 is 10.2 Å². The highest BCUT2D eigenvalue weighted by molar-refractivity contribution is 6.30. The van der Waals surface area contributed by atoms with Crippen molar-refractivity contribution in [1.29, 1.82) is 0 Å². The summed E-state index contributed by atoms with van der Waals surface area (Å²) in [7, 11) is 0. The lowest BCUT2D eigenvalue weighted by Crippen LogP contribution is -2.46. The van der Waals surface area contributed by atoms with Crippen molar-refractivity contribution in [3.05, 3.63) is 34.9 Å². The first-order chi connectivity index (χ1) is 12.6. The number of hydrogen-bond donors (Lipinski definition) is 1. The molecule has 0 atom stereocenters. The number of likely N-dealkylation sites (tertiary alicyclic amines) is 1. The van der Waals surface area contributed by atoms with Gasteiger partial charge in [-0.25, -0.2) is 0 Å². The van der Waals surface area contributed by atoms with Crippen LogP contribution in [-0.2, 0) is 4.79 Å². The molecule has 5 heteroatoms. The molecule has 2 aliphatic rings. The van der Waals surface area contributed by atoms with E-state index in [1.165, 1.54) is 32.1 Å². The Morgan fingerprint density at radius 3 is 2.31 bits per heavy atom. The number of nitrogens with one attached hydrogen (secondary N) is 1. The Hall–Kier alpha value is -1.55. The SMILES string of the molecule is O=C(CCC1CCCCC1)NC1CCN(C(=O)c2ccc(Cl)cc2)CC1. The summed E-state index contributed by atoms with van der Waals surface area (Å²) in [6.45, 7) is 1.38. The topological polar surface area (TPSA) is 49.4 Å². The van der Waals surface area contributed by atoms with Gasteiger partial charge in [-0.05, 0) is 49.4 Å². The van der Waals surface area contributed by atoms with Gasteiger partial charge in [-0.15, -0.1) is 0 Å². The van der Waals surface area contributed by atoms with Crippen LogP contribution in [0.4, 0.5) is 0 Å². The smallest absolute Gasteiger partial charge is 0.253 e. The van der Waals surface area contributed by atoms with Crippen LogP contribution in [0.1, 0.15) is 68.1 Å². The van der Waals surface area contributed by atoms with Gasteiger partial charge in [0, 0.05) is 36.1 Å². The average molecular weight is 377 g/mol. The summed E-state index contributed by atoms with van der Waals surface area (Å²) in [5.41, 5.74) is 0.671.